The van der Waals surface area contributed by atoms with Gasteiger partial charge in [-0.1, -0.05) is 23.7 Å². The number of fused-ring (bicyclic) bond motifs is 3. The van der Waals surface area contributed by atoms with Crippen LogP contribution < -0.4 is 9.47 Å². The van der Waals surface area contributed by atoms with E-state index in [2.05, 4.69) is 36.1 Å². The Kier molecular flexibility index (Phi) is 7.59. The van der Waals surface area contributed by atoms with Crippen molar-refractivity contribution >= 4 is 21.8 Å². The van der Waals surface area contributed by atoms with Gasteiger partial charge in [0.05, 0.1) is 13.3 Å². The molecule has 0 aliphatic rings. The maximum absolute atomic E-state index is 14.2. The number of rotatable bonds is 6. The molecule has 0 radical (unpaired) electrons. The molecule has 214 valence electrons. The number of benzene rings is 4. The predicted octanol–water partition coefficient (Wildman–Crippen LogP) is 8.19. The van der Waals surface area contributed by atoms with Crippen LogP contribution in [0.5, 0.6) is 17.2 Å². The van der Waals surface area contributed by atoms with Gasteiger partial charge in [0, 0.05) is 41.0 Å². The number of methoxy groups -OCH3 is 1. The molecular weight excluding hydrogens is 722 g/mol. The van der Waals surface area contributed by atoms with E-state index in [1.807, 2.05) is 83.7 Å². The first-order valence-electron chi connectivity index (χ1n) is 13.5. The zero-order valence-corrected chi connectivity index (χ0v) is 25.8. The van der Waals surface area contributed by atoms with Gasteiger partial charge in [0.15, 0.2) is 0 Å². The first kappa shape index (κ1) is 28.4. The van der Waals surface area contributed by atoms with Crippen molar-refractivity contribution in [2.75, 3.05) is 7.11 Å². The van der Waals surface area contributed by atoms with Gasteiger partial charge in [0.1, 0.15) is 17.4 Å². The van der Waals surface area contributed by atoms with Crippen LogP contribution in [0, 0.1) is 31.8 Å². The van der Waals surface area contributed by atoms with Crippen LogP contribution in [0.2, 0.25) is 0 Å². The summed E-state index contributed by atoms with van der Waals surface area (Å²) in [6, 6.07) is 31.0. The molecule has 3 heterocycles. The molecule has 0 atom stereocenters. The monoisotopic (exact) mass is 747 g/mol. The molecule has 6 nitrogen and oxygen atoms in total. The molecule has 8 heteroatoms. The summed E-state index contributed by atoms with van der Waals surface area (Å²) in [5.41, 5.74) is 6.75. The SMILES string of the molecule is COc1cc(C)c(-c2cnn(-c3[c-]c(Oc4[c-]c5c(cc4)c4ccccc4n5-c4cc(F)ccn4)ccc3)c2)c(C)c1.[Pt+2]. The Morgan fingerprint density at radius 1 is 0.837 bits per heavy atom. The van der Waals surface area contributed by atoms with Crippen molar-refractivity contribution in [2.45, 2.75) is 13.8 Å². The number of para-hydroxylation sites is 1. The van der Waals surface area contributed by atoms with E-state index >= 15 is 0 Å². The van der Waals surface area contributed by atoms with Gasteiger partial charge < -0.3 is 14.0 Å². The van der Waals surface area contributed by atoms with Crippen molar-refractivity contribution in [1.82, 2.24) is 19.3 Å². The van der Waals surface area contributed by atoms with Crippen LogP contribution in [0.15, 0.2) is 97.5 Å². The Balaban J connectivity index is 0.00000329. The number of hydrogen-bond acceptors (Lipinski definition) is 4. The summed E-state index contributed by atoms with van der Waals surface area (Å²) in [5, 5.41) is 6.59. The van der Waals surface area contributed by atoms with Gasteiger partial charge in [-0.15, -0.1) is 35.7 Å². The van der Waals surface area contributed by atoms with Gasteiger partial charge in [-0.25, -0.2) is 9.37 Å². The molecule has 0 aliphatic carbocycles. The van der Waals surface area contributed by atoms with Crippen molar-refractivity contribution in [3.8, 4) is 39.9 Å². The van der Waals surface area contributed by atoms with Crippen LogP contribution >= 0.6 is 0 Å². The molecule has 0 saturated carbocycles. The second kappa shape index (κ2) is 11.5. The summed E-state index contributed by atoms with van der Waals surface area (Å²) in [6.45, 7) is 4.14. The second-order valence-electron chi connectivity index (χ2n) is 10.1. The standard InChI is InChI=1S/C35H25FN4O2.Pt/c1-22-15-29(41-3)16-23(2)35(22)24-20-38-39(21-24)26-7-6-8-27(18-26)42-28-11-12-31-30-9-4-5-10-32(30)40(33(31)19-28)34-17-25(36)13-14-37-34;/h4-17,20-21H,1-3H3;/q-2;+2. The predicted molar refractivity (Wildman–Crippen MR) is 161 cm³/mol. The molecule has 0 aliphatic heterocycles. The fourth-order valence-electron chi connectivity index (χ4n) is 5.52. The molecule has 0 spiro atoms. The molecule has 0 amide bonds. The summed E-state index contributed by atoms with van der Waals surface area (Å²) >= 11 is 0. The van der Waals surface area contributed by atoms with Crippen LogP contribution in [0.1, 0.15) is 11.1 Å². The van der Waals surface area contributed by atoms with Gasteiger partial charge in [0.25, 0.3) is 0 Å². The largest absolute Gasteiger partial charge is 2.00 e. The van der Waals surface area contributed by atoms with Crippen molar-refractivity contribution in [3.05, 3.63) is 127 Å². The van der Waals surface area contributed by atoms with E-state index < -0.39 is 0 Å². The van der Waals surface area contributed by atoms with Crippen LogP contribution in [0.25, 0.3) is 44.4 Å². The zero-order valence-electron chi connectivity index (χ0n) is 23.5. The normalized spacial score (nSPS) is 11.1. The quantitative estimate of drug-likeness (QED) is 0.161. The summed E-state index contributed by atoms with van der Waals surface area (Å²) in [6.07, 6.45) is 5.30. The third-order valence-electron chi connectivity index (χ3n) is 7.33. The Morgan fingerprint density at radius 2 is 1.63 bits per heavy atom. The van der Waals surface area contributed by atoms with Crippen molar-refractivity contribution < 1.29 is 34.9 Å². The Morgan fingerprint density at radius 3 is 2.42 bits per heavy atom. The molecule has 7 rings (SSSR count). The summed E-state index contributed by atoms with van der Waals surface area (Å²) < 4.78 is 29.5. The van der Waals surface area contributed by atoms with E-state index in [9.17, 15) is 4.39 Å². The maximum atomic E-state index is 14.2. The van der Waals surface area contributed by atoms with Crippen LogP contribution in [0.3, 0.4) is 0 Å². The van der Waals surface area contributed by atoms with Gasteiger partial charge in [0.2, 0.25) is 0 Å². The van der Waals surface area contributed by atoms with Gasteiger partial charge >= 0.3 is 21.1 Å². The number of aromatic nitrogens is 4. The number of hydrogen-bond donors (Lipinski definition) is 0. The van der Waals surface area contributed by atoms with Gasteiger partial charge in [-0.05, 0) is 65.9 Å². The van der Waals surface area contributed by atoms with E-state index in [0.29, 0.717) is 17.3 Å². The number of pyridine rings is 1. The molecule has 43 heavy (non-hydrogen) atoms. The Labute approximate surface area is 262 Å². The fourth-order valence-corrected chi connectivity index (χ4v) is 5.52. The number of halogens is 1. The average Bonchev–Trinajstić information content (AvgIpc) is 3.60. The summed E-state index contributed by atoms with van der Waals surface area (Å²) in [4.78, 5) is 4.42. The van der Waals surface area contributed by atoms with Crippen LogP contribution in [-0.2, 0) is 21.1 Å². The first-order valence-corrected chi connectivity index (χ1v) is 13.5. The molecule has 0 saturated heterocycles. The summed E-state index contributed by atoms with van der Waals surface area (Å²) in [7, 11) is 1.67. The van der Waals surface area contributed by atoms with Crippen LogP contribution in [-0.4, -0.2) is 26.4 Å². The molecule has 0 N–H and O–H groups in total. The zero-order chi connectivity index (χ0) is 28.8. The smallest absolute Gasteiger partial charge is 0.509 e. The van der Waals surface area contributed by atoms with E-state index in [1.54, 1.807) is 11.8 Å². The van der Waals surface area contributed by atoms with Crippen molar-refractivity contribution in [1.29, 1.82) is 0 Å². The van der Waals surface area contributed by atoms with Crippen LogP contribution in [0.4, 0.5) is 4.39 Å². The minimum atomic E-state index is -0.358. The minimum absolute atomic E-state index is 0. The molecular formula is C35H25FN4O2Pt. The molecule has 3 aromatic heterocycles. The third-order valence-corrected chi connectivity index (χ3v) is 7.33. The molecule has 0 fully saturated rings. The first-order chi connectivity index (χ1) is 20.5. The Hall–Kier alpha value is -4.74. The van der Waals surface area contributed by atoms with Gasteiger partial charge in [-0.2, -0.15) is 17.2 Å². The van der Waals surface area contributed by atoms with Crippen molar-refractivity contribution in [3.63, 3.8) is 0 Å². The molecule has 0 bridgehead atoms. The van der Waals surface area contributed by atoms with E-state index in [4.69, 9.17) is 9.47 Å². The third kappa shape index (κ3) is 5.21. The fraction of sp³-hybridized carbons (Fsp3) is 0.0857. The number of ether oxygens (including phenoxy) is 2. The number of nitrogens with zero attached hydrogens (tertiary/aromatic N) is 4. The van der Waals surface area contributed by atoms with Gasteiger partial charge in [-0.3, -0.25) is 4.68 Å². The maximum Gasteiger partial charge on any atom is 2.00 e. The molecule has 0 unspecified atom stereocenters. The topological polar surface area (TPSA) is 54.1 Å². The Bertz CT molecular complexity index is 2090. The van der Waals surface area contributed by atoms with E-state index in [-0.39, 0.29) is 26.9 Å². The van der Waals surface area contributed by atoms with E-state index in [0.717, 1.165) is 55.5 Å². The molecule has 4 aromatic carbocycles. The second-order valence-corrected chi connectivity index (χ2v) is 10.1. The van der Waals surface area contributed by atoms with E-state index in [1.165, 1.54) is 18.3 Å². The van der Waals surface area contributed by atoms with Crippen molar-refractivity contribution in [2.24, 2.45) is 0 Å². The summed E-state index contributed by atoms with van der Waals surface area (Å²) in [5.74, 6) is 1.97. The average molecular weight is 748 g/mol. The minimum Gasteiger partial charge on any atom is -0.509 e. The number of aryl methyl sites for hydroxylation is 2. The molecule has 7 aromatic rings.